The van der Waals surface area contributed by atoms with Gasteiger partial charge in [-0.15, -0.1) is 0 Å². The van der Waals surface area contributed by atoms with E-state index in [4.69, 9.17) is 0 Å². The molecule has 7 heteroatoms. The van der Waals surface area contributed by atoms with Crippen molar-refractivity contribution in [1.82, 2.24) is 19.9 Å². The fraction of sp³-hybridized carbons (Fsp3) is 0.318. The number of alkyl halides is 3. The fourth-order valence-corrected chi connectivity index (χ4v) is 3.73. The lowest BCUT2D eigenvalue weighted by Crippen LogP contribution is -2.34. The number of hydrogen-bond acceptors (Lipinski definition) is 4. The molecular weight excluding hydrogens is 377 g/mol. The lowest BCUT2D eigenvalue weighted by Gasteiger charge is -2.32. The molecule has 0 saturated carbocycles. The third kappa shape index (κ3) is 4.79. The average molecular weight is 398 g/mol. The first kappa shape index (κ1) is 19.5. The summed E-state index contributed by atoms with van der Waals surface area (Å²) < 4.78 is 39.1. The molecule has 1 atom stereocenters. The fourth-order valence-electron chi connectivity index (χ4n) is 3.73. The van der Waals surface area contributed by atoms with Crippen molar-refractivity contribution in [3.05, 3.63) is 78.0 Å². The molecule has 2 aromatic heterocycles. The Balaban J connectivity index is 1.53. The molecule has 0 N–H and O–H groups in total. The molecule has 1 saturated heterocycles. The van der Waals surface area contributed by atoms with E-state index in [0.717, 1.165) is 56.0 Å². The lowest BCUT2D eigenvalue weighted by molar-refractivity contribution is -0.137. The van der Waals surface area contributed by atoms with Gasteiger partial charge in [-0.3, -0.25) is 14.9 Å². The summed E-state index contributed by atoms with van der Waals surface area (Å²) in [5, 5.41) is 0. The minimum absolute atomic E-state index is 0.200. The monoisotopic (exact) mass is 398 g/mol. The zero-order valence-electron chi connectivity index (χ0n) is 15.8. The molecule has 0 bridgehead atoms. The molecule has 4 rings (SSSR count). The Morgan fingerprint density at radius 2 is 1.97 bits per heavy atom. The summed E-state index contributed by atoms with van der Waals surface area (Å²) in [4.78, 5) is 15.7. The third-order valence-corrected chi connectivity index (χ3v) is 5.17. The van der Waals surface area contributed by atoms with Crippen molar-refractivity contribution in [3.8, 4) is 11.3 Å². The van der Waals surface area contributed by atoms with Crippen molar-refractivity contribution < 1.29 is 13.2 Å². The van der Waals surface area contributed by atoms with Crippen LogP contribution in [0.15, 0.2) is 61.1 Å². The van der Waals surface area contributed by atoms with Crippen molar-refractivity contribution in [2.75, 3.05) is 13.1 Å². The van der Waals surface area contributed by atoms with Gasteiger partial charge >= 0.3 is 6.18 Å². The van der Waals surface area contributed by atoms with Crippen LogP contribution in [0.2, 0.25) is 0 Å². The highest BCUT2D eigenvalue weighted by atomic mass is 19.4. The molecule has 1 aliphatic heterocycles. The maximum atomic E-state index is 13.0. The predicted molar refractivity (Wildman–Crippen MR) is 104 cm³/mol. The normalized spacial score (nSPS) is 18.0. The Labute approximate surface area is 167 Å². The van der Waals surface area contributed by atoms with Gasteiger partial charge in [-0.1, -0.05) is 18.2 Å². The Morgan fingerprint density at radius 1 is 1.07 bits per heavy atom. The zero-order valence-corrected chi connectivity index (χ0v) is 15.8. The summed E-state index contributed by atoms with van der Waals surface area (Å²) in [6, 6.07) is 11.1. The van der Waals surface area contributed by atoms with E-state index in [-0.39, 0.29) is 5.92 Å². The number of hydrogen-bond donors (Lipinski definition) is 0. The van der Waals surface area contributed by atoms with Gasteiger partial charge in [0.05, 0.1) is 28.8 Å². The van der Waals surface area contributed by atoms with E-state index in [2.05, 4.69) is 19.9 Å². The summed E-state index contributed by atoms with van der Waals surface area (Å²) in [5.41, 5.74) is 2.06. The van der Waals surface area contributed by atoms with Gasteiger partial charge in [-0.2, -0.15) is 13.2 Å². The van der Waals surface area contributed by atoms with Gasteiger partial charge in [0.25, 0.3) is 0 Å². The first-order valence-electron chi connectivity index (χ1n) is 9.61. The lowest BCUT2D eigenvalue weighted by atomic mass is 9.94. The van der Waals surface area contributed by atoms with Crippen LogP contribution in [-0.4, -0.2) is 32.9 Å². The van der Waals surface area contributed by atoms with Crippen LogP contribution in [0.25, 0.3) is 11.3 Å². The predicted octanol–water partition coefficient (Wildman–Crippen LogP) is 4.94. The first-order chi connectivity index (χ1) is 14.0. The van der Waals surface area contributed by atoms with E-state index in [1.807, 2.05) is 18.2 Å². The SMILES string of the molecule is FC(F)(F)c1cccc(-c2cncc([C@@H]3CCCN(Cc4ccccn4)C3)n2)c1. The smallest absolute Gasteiger partial charge is 0.297 e. The molecule has 0 amide bonds. The Kier molecular flexibility index (Phi) is 5.58. The highest BCUT2D eigenvalue weighted by Crippen LogP contribution is 2.32. The van der Waals surface area contributed by atoms with Crippen molar-refractivity contribution in [3.63, 3.8) is 0 Å². The molecule has 1 aromatic carbocycles. The molecule has 0 radical (unpaired) electrons. The zero-order chi connectivity index (χ0) is 20.3. The highest BCUT2D eigenvalue weighted by molar-refractivity contribution is 5.59. The minimum Gasteiger partial charge on any atom is -0.297 e. The molecule has 0 spiro atoms. The second-order valence-electron chi connectivity index (χ2n) is 7.30. The van der Waals surface area contributed by atoms with Crippen LogP contribution in [0, 0.1) is 0 Å². The molecule has 3 aromatic rings. The largest absolute Gasteiger partial charge is 0.416 e. The van der Waals surface area contributed by atoms with E-state index < -0.39 is 11.7 Å². The third-order valence-electron chi connectivity index (χ3n) is 5.17. The Bertz CT molecular complexity index is 960. The van der Waals surface area contributed by atoms with Gasteiger partial charge in [0.2, 0.25) is 0 Å². The van der Waals surface area contributed by atoms with Crippen molar-refractivity contribution in [2.45, 2.75) is 31.5 Å². The van der Waals surface area contributed by atoms with Crippen LogP contribution in [0.4, 0.5) is 13.2 Å². The number of pyridine rings is 1. The van der Waals surface area contributed by atoms with Crippen LogP contribution in [0.1, 0.15) is 35.7 Å². The van der Waals surface area contributed by atoms with E-state index in [0.29, 0.717) is 11.3 Å². The van der Waals surface area contributed by atoms with E-state index in [9.17, 15) is 13.2 Å². The maximum Gasteiger partial charge on any atom is 0.416 e. The summed E-state index contributed by atoms with van der Waals surface area (Å²) >= 11 is 0. The second kappa shape index (κ2) is 8.29. The molecular formula is C22H21F3N4. The first-order valence-corrected chi connectivity index (χ1v) is 9.61. The quantitative estimate of drug-likeness (QED) is 0.625. The molecule has 4 nitrogen and oxygen atoms in total. The van der Waals surface area contributed by atoms with E-state index in [1.54, 1.807) is 18.5 Å². The van der Waals surface area contributed by atoms with E-state index in [1.165, 1.54) is 12.3 Å². The second-order valence-corrected chi connectivity index (χ2v) is 7.30. The van der Waals surface area contributed by atoms with Crippen LogP contribution >= 0.6 is 0 Å². The molecule has 150 valence electrons. The van der Waals surface area contributed by atoms with Gasteiger partial charge < -0.3 is 0 Å². The van der Waals surface area contributed by atoms with Gasteiger partial charge in [0, 0.05) is 37.0 Å². The van der Waals surface area contributed by atoms with Crippen LogP contribution < -0.4 is 0 Å². The number of rotatable bonds is 4. The van der Waals surface area contributed by atoms with Crippen LogP contribution in [0.3, 0.4) is 0 Å². The van der Waals surface area contributed by atoms with Gasteiger partial charge in [0.1, 0.15) is 0 Å². The summed E-state index contributed by atoms with van der Waals surface area (Å²) in [5.74, 6) is 0.200. The summed E-state index contributed by atoms with van der Waals surface area (Å²) in [6.45, 7) is 2.60. The number of likely N-dealkylation sites (tertiary alicyclic amines) is 1. The Morgan fingerprint density at radius 3 is 2.76 bits per heavy atom. The van der Waals surface area contributed by atoms with Gasteiger partial charge in [-0.05, 0) is 43.7 Å². The van der Waals surface area contributed by atoms with Crippen molar-refractivity contribution >= 4 is 0 Å². The molecule has 1 fully saturated rings. The highest BCUT2D eigenvalue weighted by Gasteiger charge is 2.30. The van der Waals surface area contributed by atoms with Crippen molar-refractivity contribution in [2.24, 2.45) is 0 Å². The van der Waals surface area contributed by atoms with Crippen molar-refractivity contribution in [1.29, 1.82) is 0 Å². The average Bonchev–Trinajstić information content (AvgIpc) is 2.74. The molecule has 0 aliphatic carbocycles. The molecule has 3 heterocycles. The molecule has 29 heavy (non-hydrogen) atoms. The number of piperidine rings is 1. The van der Waals surface area contributed by atoms with Crippen LogP contribution in [0.5, 0.6) is 0 Å². The topological polar surface area (TPSA) is 41.9 Å². The standard InChI is InChI=1S/C22H21F3N4/c23-22(24,25)18-7-3-5-16(11-18)20-12-26-13-21(28-20)17-6-4-10-29(14-17)15-19-8-1-2-9-27-19/h1-3,5,7-9,11-13,17H,4,6,10,14-15H2/t17-/m1/s1. The van der Waals surface area contributed by atoms with Gasteiger partial charge in [0.15, 0.2) is 0 Å². The van der Waals surface area contributed by atoms with Crippen LogP contribution in [-0.2, 0) is 12.7 Å². The molecule has 0 unspecified atom stereocenters. The number of aromatic nitrogens is 3. The van der Waals surface area contributed by atoms with Gasteiger partial charge in [-0.25, -0.2) is 4.98 Å². The number of benzene rings is 1. The minimum atomic E-state index is -4.38. The maximum absolute atomic E-state index is 13.0. The summed E-state index contributed by atoms with van der Waals surface area (Å²) in [6.07, 6.45) is 2.68. The molecule has 1 aliphatic rings. The number of nitrogens with zero attached hydrogens (tertiary/aromatic N) is 4. The Hall–Kier alpha value is -2.80. The number of halogens is 3. The summed E-state index contributed by atoms with van der Waals surface area (Å²) in [7, 11) is 0. The van der Waals surface area contributed by atoms with E-state index >= 15 is 0 Å².